The van der Waals surface area contributed by atoms with Crippen molar-refractivity contribution in [2.75, 3.05) is 25.6 Å². The average Bonchev–Trinajstić information content (AvgIpc) is 3.62. The minimum atomic E-state index is -5.43. The van der Waals surface area contributed by atoms with Gasteiger partial charge in [0, 0.05) is 19.0 Å². The molecule has 0 amide bonds. The van der Waals surface area contributed by atoms with Crippen molar-refractivity contribution in [1.82, 2.24) is 9.55 Å². The van der Waals surface area contributed by atoms with Crippen LogP contribution in [0.3, 0.4) is 0 Å². The summed E-state index contributed by atoms with van der Waals surface area (Å²) in [6.07, 6.45) is 38.9. The highest BCUT2D eigenvalue weighted by molar-refractivity contribution is 7.61. The third kappa shape index (κ3) is 32.1. The molecule has 72 heavy (non-hydrogen) atoms. The zero-order valence-electron chi connectivity index (χ0n) is 43.2. The summed E-state index contributed by atoms with van der Waals surface area (Å²) in [6, 6.07) is 1.25. The van der Waals surface area contributed by atoms with Crippen LogP contribution in [0.2, 0.25) is 0 Å². The van der Waals surface area contributed by atoms with Crippen LogP contribution in [0.25, 0.3) is 0 Å². The molecule has 412 valence electrons. The van der Waals surface area contributed by atoms with Crippen molar-refractivity contribution in [3.63, 3.8) is 0 Å². The van der Waals surface area contributed by atoms with Gasteiger partial charge in [-0.15, -0.1) is 0 Å². The molecule has 1 fully saturated rings. The van der Waals surface area contributed by atoms with E-state index in [0.717, 1.165) is 107 Å². The molecule has 1 saturated heterocycles. The number of aromatic nitrogens is 2. The lowest BCUT2D eigenvalue weighted by Crippen LogP contribution is -2.36. The molecule has 6 N–H and O–H groups in total. The fraction of sp³-hybridized carbons (Fsp3) is 0.731. The molecule has 2 rings (SSSR count). The first kappa shape index (κ1) is 64.8. The Morgan fingerprint density at radius 1 is 0.667 bits per heavy atom. The standard InChI is InChI=1S/C52H89N3O15P2/c1-3-5-7-9-11-13-15-17-19-20-21-22-24-26-28-30-32-34-36-38-48(57)68-44(41-65-47(56)37-35-33-31-29-27-25-23-18-16-14-12-10-8-6-4-2)42-66-71(61,62)70-72(63,64)67-43-45-49(58)50(59)51(69-45)55-40-39-46(53)54-52(55)60/h11,13,17-19,21-23,39-40,44-45,49-51,58-59H,3-10,12,14-16,20,24-38,41-43H2,1-2H3,(H,61,62)(H,63,64)(H2,53,54,60). The number of aliphatic hydroxyl groups is 2. The van der Waals surface area contributed by atoms with E-state index in [1.54, 1.807) is 0 Å². The second-order valence-corrected chi connectivity index (χ2v) is 21.4. The van der Waals surface area contributed by atoms with E-state index in [2.05, 4.69) is 71.8 Å². The van der Waals surface area contributed by atoms with Gasteiger partial charge in [-0.1, -0.05) is 152 Å². The highest BCUT2D eigenvalue weighted by Gasteiger charge is 2.46. The number of aliphatic hydroxyl groups excluding tert-OH is 2. The second kappa shape index (κ2) is 40.1. The summed E-state index contributed by atoms with van der Waals surface area (Å²) in [6.45, 7) is 2.12. The Labute approximate surface area is 429 Å². The van der Waals surface area contributed by atoms with Crippen molar-refractivity contribution in [2.24, 2.45) is 0 Å². The molecule has 1 aromatic heterocycles. The molecular weight excluding hydrogens is 969 g/mol. The molecule has 1 aliphatic rings. The number of ether oxygens (including phenoxy) is 3. The lowest BCUT2D eigenvalue weighted by atomic mass is 10.1. The van der Waals surface area contributed by atoms with Gasteiger partial charge in [0.2, 0.25) is 0 Å². The number of anilines is 1. The Bertz CT molecular complexity index is 1890. The predicted molar refractivity (Wildman–Crippen MR) is 279 cm³/mol. The maximum Gasteiger partial charge on any atom is 0.481 e. The number of nitrogens with zero attached hydrogens (tertiary/aromatic N) is 2. The Balaban J connectivity index is 1.79. The fourth-order valence-corrected chi connectivity index (χ4v) is 9.84. The fourth-order valence-electron chi connectivity index (χ4n) is 7.73. The second-order valence-electron chi connectivity index (χ2n) is 18.4. The van der Waals surface area contributed by atoms with E-state index in [-0.39, 0.29) is 18.7 Å². The Hall–Kier alpha value is -3.28. The van der Waals surface area contributed by atoms with Crippen LogP contribution in [0, 0.1) is 0 Å². The van der Waals surface area contributed by atoms with E-state index < -0.39 is 83.7 Å². The van der Waals surface area contributed by atoms with Gasteiger partial charge < -0.3 is 39.9 Å². The molecule has 1 aromatic rings. The molecule has 0 bridgehead atoms. The maximum absolute atomic E-state index is 12.9. The number of phosphoric ester groups is 2. The average molecular weight is 1060 g/mol. The number of carbonyl (C=O) groups excluding carboxylic acids is 2. The molecular formula is C52H89N3O15P2. The van der Waals surface area contributed by atoms with Crippen molar-refractivity contribution in [3.05, 3.63) is 71.4 Å². The monoisotopic (exact) mass is 1060 g/mol. The van der Waals surface area contributed by atoms with Crippen LogP contribution in [-0.2, 0) is 46.3 Å². The molecule has 0 aliphatic carbocycles. The number of esters is 2. The summed E-state index contributed by atoms with van der Waals surface area (Å²) in [4.78, 5) is 62.0. The zero-order valence-corrected chi connectivity index (χ0v) is 45.0. The number of nitrogens with two attached hydrogens (primary N) is 1. The molecule has 7 unspecified atom stereocenters. The van der Waals surface area contributed by atoms with Crippen LogP contribution >= 0.6 is 15.6 Å². The van der Waals surface area contributed by atoms with E-state index in [1.165, 1.54) is 63.9 Å². The van der Waals surface area contributed by atoms with Gasteiger partial charge >= 0.3 is 33.3 Å². The van der Waals surface area contributed by atoms with E-state index in [0.29, 0.717) is 12.8 Å². The number of phosphoric acid groups is 2. The van der Waals surface area contributed by atoms with Gasteiger partial charge in [0.15, 0.2) is 12.3 Å². The summed E-state index contributed by atoms with van der Waals surface area (Å²) >= 11 is 0. The molecule has 0 saturated carbocycles. The van der Waals surface area contributed by atoms with Crippen molar-refractivity contribution >= 4 is 33.4 Å². The third-order valence-electron chi connectivity index (χ3n) is 11.9. The minimum Gasteiger partial charge on any atom is -0.462 e. The van der Waals surface area contributed by atoms with Crippen LogP contribution in [-0.4, -0.2) is 85.7 Å². The number of allylic oxidation sites excluding steroid dienone is 8. The SMILES string of the molecule is CCCCCC=CCC=CCC=CCCCCCCCCC(=O)OC(COC(=O)CCCCCCCC=CCCCCCCCC)COP(=O)(O)OP(=O)(O)OCC1OC(n2ccc(N)nc2=O)C(O)C1O. The molecule has 0 radical (unpaired) electrons. The van der Waals surface area contributed by atoms with Crippen LogP contribution in [0.4, 0.5) is 5.82 Å². The van der Waals surface area contributed by atoms with Crippen LogP contribution in [0.5, 0.6) is 0 Å². The largest absolute Gasteiger partial charge is 0.481 e. The number of nitrogen functional groups attached to an aromatic ring is 1. The molecule has 0 spiro atoms. The normalized spacial score (nSPS) is 19.4. The van der Waals surface area contributed by atoms with Crippen LogP contribution in [0.1, 0.15) is 200 Å². The quantitative estimate of drug-likeness (QED) is 0.0176. The highest BCUT2D eigenvalue weighted by Crippen LogP contribution is 2.60. The first-order chi connectivity index (χ1) is 34.7. The number of hydrogen-bond donors (Lipinski definition) is 5. The van der Waals surface area contributed by atoms with Gasteiger partial charge in [-0.2, -0.15) is 9.29 Å². The first-order valence-corrected chi connectivity index (χ1v) is 29.6. The van der Waals surface area contributed by atoms with Crippen molar-refractivity contribution in [3.8, 4) is 0 Å². The summed E-state index contributed by atoms with van der Waals surface area (Å²) in [5.41, 5.74) is 4.59. The van der Waals surface area contributed by atoms with Gasteiger partial charge in [-0.25, -0.2) is 13.9 Å². The zero-order chi connectivity index (χ0) is 52.7. The van der Waals surface area contributed by atoms with Crippen LogP contribution < -0.4 is 11.4 Å². The van der Waals surface area contributed by atoms with Crippen molar-refractivity contribution in [2.45, 2.75) is 224 Å². The number of hydrogen-bond acceptors (Lipinski definition) is 15. The van der Waals surface area contributed by atoms with Gasteiger partial charge in [0.05, 0.1) is 13.2 Å². The van der Waals surface area contributed by atoms with Crippen molar-refractivity contribution < 1.29 is 66.3 Å². The molecule has 2 heterocycles. The molecule has 18 nitrogen and oxygen atoms in total. The minimum absolute atomic E-state index is 0.0331. The van der Waals surface area contributed by atoms with Gasteiger partial charge in [0.25, 0.3) is 0 Å². The lowest BCUT2D eigenvalue weighted by Gasteiger charge is -2.21. The molecule has 1 aliphatic heterocycles. The number of carbonyl (C=O) groups is 2. The summed E-state index contributed by atoms with van der Waals surface area (Å²) < 4.78 is 56.9. The van der Waals surface area contributed by atoms with E-state index in [1.807, 2.05) is 0 Å². The number of unbranched alkanes of at least 4 members (excludes halogenated alkanes) is 20. The van der Waals surface area contributed by atoms with Gasteiger partial charge in [0.1, 0.15) is 30.7 Å². The molecule has 0 aromatic carbocycles. The lowest BCUT2D eigenvalue weighted by molar-refractivity contribution is -0.161. The van der Waals surface area contributed by atoms with Crippen molar-refractivity contribution in [1.29, 1.82) is 0 Å². The third-order valence-corrected chi connectivity index (χ3v) is 14.5. The van der Waals surface area contributed by atoms with Gasteiger partial charge in [-0.3, -0.25) is 23.2 Å². The van der Waals surface area contributed by atoms with E-state index >= 15 is 0 Å². The summed E-state index contributed by atoms with van der Waals surface area (Å²) in [7, 11) is -10.9. The topological polar surface area (TPSA) is 265 Å². The van der Waals surface area contributed by atoms with Gasteiger partial charge in [-0.05, 0) is 83.1 Å². The highest BCUT2D eigenvalue weighted by atomic mass is 31.3. The maximum atomic E-state index is 12.9. The van der Waals surface area contributed by atoms with Crippen LogP contribution in [0.15, 0.2) is 65.7 Å². The molecule has 7 atom stereocenters. The Morgan fingerprint density at radius 2 is 1.12 bits per heavy atom. The summed E-state index contributed by atoms with van der Waals surface area (Å²) in [5.74, 6) is -1.32. The van der Waals surface area contributed by atoms with E-state index in [9.17, 15) is 43.5 Å². The smallest absolute Gasteiger partial charge is 0.462 e. The molecule has 20 heteroatoms. The summed E-state index contributed by atoms with van der Waals surface area (Å²) in [5, 5.41) is 20.9. The van der Waals surface area contributed by atoms with E-state index in [4.69, 9.17) is 29.0 Å². The first-order valence-electron chi connectivity index (χ1n) is 26.6. The predicted octanol–water partition coefficient (Wildman–Crippen LogP) is 11.3. The Kier molecular flexibility index (Phi) is 36.1. The number of rotatable bonds is 44. The Morgan fingerprint density at radius 3 is 1.68 bits per heavy atom.